The maximum Gasteiger partial charge on any atom is 0.220 e. The molecular weight excluding hydrogens is 335 g/mol. The molecule has 1 aromatic rings. The summed E-state index contributed by atoms with van der Waals surface area (Å²) < 4.78 is 0. The number of carbonyl (C=O) groups is 2. The monoisotopic (exact) mass is 358 g/mol. The first-order valence-corrected chi connectivity index (χ1v) is 8.51. The summed E-state index contributed by atoms with van der Waals surface area (Å²) in [4.78, 5) is 25.0. The van der Waals surface area contributed by atoms with Crippen molar-refractivity contribution in [3.63, 3.8) is 0 Å². The maximum absolute atomic E-state index is 11.7. The van der Waals surface area contributed by atoms with E-state index >= 15 is 0 Å². The van der Waals surface area contributed by atoms with Crippen LogP contribution in [-0.2, 0) is 16.0 Å². The van der Waals surface area contributed by atoms with Gasteiger partial charge >= 0.3 is 0 Å². The van der Waals surface area contributed by atoms with Crippen molar-refractivity contribution in [1.29, 1.82) is 0 Å². The van der Waals surface area contributed by atoms with Crippen molar-refractivity contribution in [2.24, 2.45) is 5.92 Å². The zero-order valence-electron chi connectivity index (χ0n) is 13.9. The Bertz CT molecular complexity index is 547. The number of hydrogen-bond acceptors (Lipinski definition) is 2. The predicted molar refractivity (Wildman–Crippen MR) is 94.9 cm³/mol. The highest BCUT2D eigenvalue weighted by atomic mass is 35.5. The molecule has 0 aromatic heterocycles. The molecule has 0 saturated carbocycles. The Hall–Kier alpha value is -1.26. The van der Waals surface area contributed by atoms with E-state index in [4.69, 9.17) is 23.2 Å². The molecule has 0 bridgehead atoms. The number of rotatable bonds is 8. The summed E-state index contributed by atoms with van der Waals surface area (Å²) in [5, 5.41) is 4.04. The summed E-state index contributed by atoms with van der Waals surface area (Å²) in [6, 6.07) is 5.35. The first-order valence-electron chi connectivity index (χ1n) is 7.75. The Morgan fingerprint density at radius 1 is 1.22 bits per heavy atom. The fourth-order valence-electron chi connectivity index (χ4n) is 2.18. The molecule has 0 fully saturated rings. The van der Waals surface area contributed by atoms with Gasteiger partial charge in [0.2, 0.25) is 11.8 Å². The first-order chi connectivity index (χ1) is 10.8. The quantitative estimate of drug-likeness (QED) is 0.772. The minimum Gasteiger partial charge on any atom is -0.354 e. The minimum absolute atomic E-state index is 0.0178. The molecule has 0 atom stereocenters. The second kappa shape index (κ2) is 9.78. The van der Waals surface area contributed by atoms with Crippen LogP contribution in [0.4, 0.5) is 0 Å². The average Bonchev–Trinajstić information content (AvgIpc) is 2.43. The fraction of sp³-hybridized carbons (Fsp3) is 0.529. The molecule has 1 N–H and O–H groups in total. The highest BCUT2D eigenvalue weighted by molar-refractivity contribution is 6.35. The number of nitrogens with one attached hydrogen (secondary N) is 1. The van der Waals surface area contributed by atoms with Crippen LogP contribution in [0, 0.1) is 5.92 Å². The van der Waals surface area contributed by atoms with Crippen LogP contribution >= 0.6 is 23.2 Å². The zero-order valence-corrected chi connectivity index (χ0v) is 15.4. The molecular formula is C17H24Cl2N2O2. The van der Waals surface area contributed by atoms with Crippen molar-refractivity contribution in [1.82, 2.24) is 10.2 Å². The van der Waals surface area contributed by atoms with E-state index in [0.29, 0.717) is 48.4 Å². The van der Waals surface area contributed by atoms with Gasteiger partial charge < -0.3 is 10.2 Å². The van der Waals surface area contributed by atoms with Crippen LogP contribution in [0.5, 0.6) is 0 Å². The molecule has 0 radical (unpaired) electrons. The fourth-order valence-corrected chi connectivity index (χ4v) is 2.68. The van der Waals surface area contributed by atoms with Gasteiger partial charge in [-0.3, -0.25) is 9.59 Å². The Kier molecular flexibility index (Phi) is 8.42. The minimum atomic E-state index is -0.0202. The van der Waals surface area contributed by atoms with Crippen LogP contribution in [-0.4, -0.2) is 36.3 Å². The molecule has 6 heteroatoms. The van der Waals surface area contributed by atoms with E-state index in [9.17, 15) is 9.59 Å². The average molecular weight is 359 g/mol. The number of carbonyl (C=O) groups excluding carboxylic acids is 2. The van der Waals surface area contributed by atoms with E-state index in [2.05, 4.69) is 5.32 Å². The van der Waals surface area contributed by atoms with E-state index in [1.807, 2.05) is 19.9 Å². The summed E-state index contributed by atoms with van der Waals surface area (Å²) in [7, 11) is 0. The van der Waals surface area contributed by atoms with E-state index in [1.165, 1.54) is 6.92 Å². The number of benzene rings is 1. The number of hydrogen-bond donors (Lipinski definition) is 1. The van der Waals surface area contributed by atoms with Gasteiger partial charge in [0.15, 0.2) is 0 Å². The Labute approximate surface area is 148 Å². The molecule has 0 spiro atoms. The normalized spacial score (nSPS) is 10.7. The van der Waals surface area contributed by atoms with E-state index in [-0.39, 0.29) is 11.8 Å². The standard InChI is InChI=1S/C17H24Cl2N2O2/c1-12(2)10-17(23)20-7-9-21(13(3)22)8-6-14-4-5-15(18)11-16(14)19/h4-5,11-12H,6-10H2,1-3H3,(H,20,23). The van der Waals surface area contributed by atoms with Crippen LogP contribution in [0.2, 0.25) is 10.0 Å². The molecule has 0 aliphatic rings. The van der Waals surface area contributed by atoms with Crippen LogP contribution in [0.3, 0.4) is 0 Å². The number of amides is 2. The molecule has 2 amide bonds. The Balaban J connectivity index is 2.46. The van der Waals surface area contributed by atoms with Crippen molar-refractivity contribution < 1.29 is 9.59 Å². The zero-order chi connectivity index (χ0) is 17.4. The predicted octanol–water partition coefficient (Wildman–Crippen LogP) is 3.55. The van der Waals surface area contributed by atoms with E-state index < -0.39 is 0 Å². The largest absolute Gasteiger partial charge is 0.354 e. The van der Waals surface area contributed by atoms with Gasteiger partial charge in [0.25, 0.3) is 0 Å². The molecule has 128 valence electrons. The Morgan fingerprint density at radius 3 is 2.48 bits per heavy atom. The first kappa shape index (κ1) is 19.8. The third-order valence-electron chi connectivity index (χ3n) is 3.41. The van der Waals surface area contributed by atoms with Crippen molar-refractivity contribution in [3.8, 4) is 0 Å². The van der Waals surface area contributed by atoms with Crippen molar-refractivity contribution in [3.05, 3.63) is 33.8 Å². The summed E-state index contributed by atoms with van der Waals surface area (Å²) in [6.45, 7) is 7.02. The lowest BCUT2D eigenvalue weighted by Crippen LogP contribution is -2.38. The van der Waals surface area contributed by atoms with Gasteiger partial charge in [0, 0.05) is 43.0 Å². The van der Waals surface area contributed by atoms with Gasteiger partial charge in [-0.15, -0.1) is 0 Å². The maximum atomic E-state index is 11.7. The van der Waals surface area contributed by atoms with E-state index in [0.717, 1.165) is 5.56 Å². The van der Waals surface area contributed by atoms with Crippen LogP contribution in [0.15, 0.2) is 18.2 Å². The topological polar surface area (TPSA) is 49.4 Å². The van der Waals surface area contributed by atoms with Crippen molar-refractivity contribution in [2.75, 3.05) is 19.6 Å². The van der Waals surface area contributed by atoms with Crippen LogP contribution in [0.25, 0.3) is 0 Å². The molecule has 23 heavy (non-hydrogen) atoms. The lowest BCUT2D eigenvalue weighted by molar-refractivity contribution is -0.129. The molecule has 0 saturated heterocycles. The number of nitrogens with zero attached hydrogens (tertiary/aromatic N) is 1. The second-order valence-electron chi connectivity index (χ2n) is 5.94. The molecule has 0 aliphatic carbocycles. The third-order valence-corrected chi connectivity index (χ3v) is 4.00. The van der Waals surface area contributed by atoms with Gasteiger partial charge in [-0.05, 0) is 30.0 Å². The molecule has 0 heterocycles. The van der Waals surface area contributed by atoms with Gasteiger partial charge in [0.1, 0.15) is 0 Å². The van der Waals surface area contributed by atoms with Crippen LogP contribution < -0.4 is 5.32 Å². The van der Waals surface area contributed by atoms with Gasteiger partial charge in [-0.1, -0.05) is 43.1 Å². The lowest BCUT2D eigenvalue weighted by Gasteiger charge is -2.21. The summed E-state index contributed by atoms with van der Waals surface area (Å²) in [6.07, 6.45) is 1.15. The van der Waals surface area contributed by atoms with Gasteiger partial charge in [-0.25, -0.2) is 0 Å². The molecule has 4 nitrogen and oxygen atoms in total. The van der Waals surface area contributed by atoms with Crippen molar-refractivity contribution in [2.45, 2.75) is 33.6 Å². The molecule has 0 aliphatic heterocycles. The Morgan fingerprint density at radius 2 is 1.91 bits per heavy atom. The summed E-state index contributed by atoms with van der Waals surface area (Å²) in [5.41, 5.74) is 0.950. The number of halogens is 2. The molecule has 1 rings (SSSR count). The van der Waals surface area contributed by atoms with Gasteiger partial charge in [0.05, 0.1) is 0 Å². The third kappa shape index (κ3) is 7.71. The van der Waals surface area contributed by atoms with Crippen molar-refractivity contribution >= 4 is 35.0 Å². The molecule has 0 unspecified atom stereocenters. The van der Waals surface area contributed by atoms with Gasteiger partial charge in [-0.2, -0.15) is 0 Å². The SMILES string of the molecule is CC(=O)N(CCNC(=O)CC(C)C)CCc1ccc(Cl)cc1Cl. The lowest BCUT2D eigenvalue weighted by atomic mass is 10.1. The highest BCUT2D eigenvalue weighted by Gasteiger charge is 2.11. The smallest absolute Gasteiger partial charge is 0.220 e. The second-order valence-corrected chi connectivity index (χ2v) is 6.78. The highest BCUT2D eigenvalue weighted by Crippen LogP contribution is 2.21. The summed E-state index contributed by atoms with van der Waals surface area (Å²) in [5.74, 6) is 0.323. The van der Waals surface area contributed by atoms with Crippen LogP contribution in [0.1, 0.15) is 32.8 Å². The summed E-state index contributed by atoms with van der Waals surface area (Å²) >= 11 is 12.0. The van der Waals surface area contributed by atoms with E-state index in [1.54, 1.807) is 17.0 Å². The molecule has 1 aromatic carbocycles.